The fraction of sp³-hybridized carbons (Fsp3) is 0.583. The molecule has 0 aliphatic carbocycles. The second kappa shape index (κ2) is 7.21. The Morgan fingerprint density at radius 3 is 2.60 bits per heavy atom. The molecule has 0 saturated heterocycles. The zero-order chi connectivity index (χ0) is 15.3. The van der Waals surface area contributed by atoms with Crippen LogP contribution in [0.15, 0.2) is 17.2 Å². The summed E-state index contributed by atoms with van der Waals surface area (Å²) in [6, 6.07) is 1.17. The van der Waals surface area contributed by atoms with Gasteiger partial charge < -0.3 is 5.43 Å². The lowest BCUT2D eigenvalue weighted by molar-refractivity contribution is 0.445. The Morgan fingerprint density at radius 2 is 2.10 bits per heavy atom. The van der Waals surface area contributed by atoms with Crippen molar-refractivity contribution in [3.8, 4) is 0 Å². The number of nitrogen functional groups attached to an aromatic ring is 1. The number of hydrogen-bond acceptors (Lipinski definition) is 5. The maximum atomic E-state index is 12.2. The van der Waals surface area contributed by atoms with E-state index in [1.807, 2.05) is 6.92 Å². The number of rotatable bonds is 7. The summed E-state index contributed by atoms with van der Waals surface area (Å²) in [4.78, 5) is 3.89. The van der Waals surface area contributed by atoms with Crippen molar-refractivity contribution in [3.63, 3.8) is 0 Å². The standard InChI is InChI=1S/C12H21ClN4O2S/c1-4-8(2)5-9(3)17-20(18,19)10-6-11(13)12(16-14)15-7-10/h6-9,17H,4-5,14H2,1-3H3,(H,15,16). The predicted molar refractivity (Wildman–Crippen MR) is 80.9 cm³/mol. The summed E-state index contributed by atoms with van der Waals surface area (Å²) in [6.07, 6.45) is 3.01. The molecule has 6 nitrogen and oxygen atoms in total. The van der Waals surface area contributed by atoms with Crippen molar-refractivity contribution in [2.45, 2.75) is 44.6 Å². The van der Waals surface area contributed by atoms with Gasteiger partial charge in [-0.05, 0) is 25.3 Å². The Balaban J connectivity index is 2.86. The molecule has 0 spiro atoms. The molecule has 0 aliphatic rings. The molecule has 2 atom stereocenters. The Bertz CT molecular complexity index is 550. The van der Waals surface area contributed by atoms with Gasteiger partial charge in [-0.3, -0.25) is 0 Å². The zero-order valence-electron chi connectivity index (χ0n) is 11.9. The number of hydrogen-bond donors (Lipinski definition) is 3. The Hall–Kier alpha value is -0.890. The van der Waals surface area contributed by atoms with Gasteiger partial charge in [0.05, 0.1) is 5.02 Å². The number of anilines is 1. The monoisotopic (exact) mass is 320 g/mol. The second-order valence-corrected chi connectivity index (χ2v) is 7.04. The lowest BCUT2D eigenvalue weighted by atomic mass is 10.0. The first kappa shape index (κ1) is 17.2. The van der Waals surface area contributed by atoms with Crippen LogP contribution in [0.5, 0.6) is 0 Å². The lowest BCUT2D eigenvalue weighted by Gasteiger charge is -2.17. The van der Waals surface area contributed by atoms with E-state index in [1.54, 1.807) is 0 Å². The van der Waals surface area contributed by atoms with Gasteiger partial charge >= 0.3 is 0 Å². The van der Waals surface area contributed by atoms with Crippen LogP contribution < -0.4 is 16.0 Å². The molecule has 1 rings (SSSR count). The van der Waals surface area contributed by atoms with Gasteiger partial charge in [0, 0.05) is 12.2 Å². The molecule has 1 aromatic heterocycles. The average molecular weight is 321 g/mol. The van der Waals surface area contributed by atoms with Crippen molar-refractivity contribution in [1.82, 2.24) is 9.71 Å². The first-order chi connectivity index (χ1) is 9.30. The lowest BCUT2D eigenvalue weighted by Crippen LogP contribution is -2.33. The largest absolute Gasteiger partial charge is 0.307 e. The van der Waals surface area contributed by atoms with Crippen molar-refractivity contribution < 1.29 is 8.42 Å². The molecule has 1 heterocycles. The first-order valence-corrected chi connectivity index (χ1v) is 8.30. The topological polar surface area (TPSA) is 97.1 Å². The van der Waals surface area contributed by atoms with Gasteiger partial charge in [-0.25, -0.2) is 24.0 Å². The van der Waals surface area contributed by atoms with Gasteiger partial charge in [-0.2, -0.15) is 0 Å². The second-order valence-electron chi connectivity index (χ2n) is 4.92. The number of halogens is 1. The number of nitrogens with zero attached hydrogens (tertiary/aromatic N) is 1. The number of hydrazine groups is 1. The van der Waals surface area contributed by atoms with Crippen molar-refractivity contribution in [2.75, 3.05) is 5.43 Å². The normalized spacial score (nSPS) is 14.8. The minimum absolute atomic E-state index is 0.0255. The van der Waals surface area contributed by atoms with Crippen molar-refractivity contribution in [2.24, 2.45) is 11.8 Å². The third kappa shape index (κ3) is 4.59. The fourth-order valence-corrected chi connectivity index (χ4v) is 3.34. The molecule has 0 amide bonds. The molecular formula is C12H21ClN4O2S. The van der Waals surface area contributed by atoms with Crippen LogP contribution in [0.3, 0.4) is 0 Å². The van der Waals surface area contributed by atoms with E-state index < -0.39 is 10.0 Å². The minimum Gasteiger partial charge on any atom is -0.307 e. The molecule has 4 N–H and O–H groups in total. The maximum Gasteiger partial charge on any atom is 0.242 e. The summed E-state index contributed by atoms with van der Waals surface area (Å²) < 4.78 is 27.0. The molecule has 0 radical (unpaired) electrons. The van der Waals surface area contributed by atoms with Gasteiger partial charge in [0.2, 0.25) is 10.0 Å². The SMILES string of the molecule is CCC(C)CC(C)NS(=O)(=O)c1cnc(NN)c(Cl)c1. The van der Waals surface area contributed by atoms with Crippen LogP contribution in [0.25, 0.3) is 0 Å². The Morgan fingerprint density at radius 1 is 1.45 bits per heavy atom. The molecule has 0 saturated carbocycles. The van der Waals surface area contributed by atoms with E-state index in [0.29, 0.717) is 5.92 Å². The maximum absolute atomic E-state index is 12.2. The quantitative estimate of drug-likeness (QED) is 0.528. The highest BCUT2D eigenvalue weighted by molar-refractivity contribution is 7.89. The third-order valence-electron chi connectivity index (χ3n) is 3.07. The van der Waals surface area contributed by atoms with Crippen LogP contribution in [-0.4, -0.2) is 19.4 Å². The van der Waals surface area contributed by atoms with Crippen LogP contribution >= 0.6 is 11.6 Å². The van der Waals surface area contributed by atoms with E-state index >= 15 is 0 Å². The minimum atomic E-state index is -3.63. The summed E-state index contributed by atoms with van der Waals surface area (Å²) in [5, 5.41) is 0.157. The van der Waals surface area contributed by atoms with E-state index in [2.05, 4.69) is 29.0 Å². The number of aromatic nitrogens is 1. The predicted octanol–water partition coefficient (Wildman–Crippen LogP) is 2.12. The van der Waals surface area contributed by atoms with Crippen LogP contribution in [-0.2, 0) is 10.0 Å². The smallest absolute Gasteiger partial charge is 0.242 e. The summed E-state index contributed by atoms with van der Waals surface area (Å²) in [5.74, 6) is 5.89. The third-order valence-corrected chi connectivity index (χ3v) is 4.92. The molecule has 0 bridgehead atoms. The van der Waals surface area contributed by atoms with Gasteiger partial charge in [0.1, 0.15) is 4.90 Å². The van der Waals surface area contributed by atoms with E-state index in [1.165, 1.54) is 12.3 Å². The first-order valence-electron chi connectivity index (χ1n) is 6.44. The number of pyridine rings is 1. The van der Waals surface area contributed by atoms with Crippen molar-refractivity contribution in [1.29, 1.82) is 0 Å². The molecule has 0 aromatic carbocycles. The van der Waals surface area contributed by atoms with Gasteiger partial charge in [-0.15, -0.1) is 0 Å². The summed E-state index contributed by atoms with van der Waals surface area (Å²) >= 11 is 5.88. The van der Waals surface area contributed by atoms with Crippen LogP contribution in [0.1, 0.15) is 33.6 Å². The zero-order valence-corrected chi connectivity index (χ0v) is 13.4. The highest BCUT2D eigenvalue weighted by Crippen LogP contribution is 2.22. The van der Waals surface area contributed by atoms with Crippen molar-refractivity contribution in [3.05, 3.63) is 17.3 Å². The number of sulfonamides is 1. The van der Waals surface area contributed by atoms with Crippen LogP contribution in [0.4, 0.5) is 5.82 Å². The molecular weight excluding hydrogens is 300 g/mol. The number of nitrogens with two attached hydrogens (primary N) is 1. The van der Waals surface area contributed by atoms with E-state index in [-0.39, 0.29) is 21.8 Å². The summed E-state index contributed by atoms with van der Waals surface area (Å²) in [7, 11) is -3.63. The number of nitrogens with one attached hydrogen (secondary N) is 2. The molecule has 1 aromatic rings. The van der Waals surface area contributed by atoms with Crippen molar-refractivity contribution >= 4 is 27.4 Å². The van der Waals surface area contributed by atoms with E-state index in [0.717, 1.165) is 12.8 Å². The van der Waals surface area contributed by atoms with Crippen LogP contribution in [0, 0.1) is 5.92 Å². The Kier molecular flexibility index (Phi) is 6.19. The molecule has 8 heteroatoms. The highest BCUT2D eigenvalue weighted by Gasteiger charge is 2.20. The van der Waals surface area contributed by atoms with Gasteiger partial charge in [-0.1, -0.05) is 31.9 Å². The van der Waals surface area contributed by atoms with Crippen LogP contribution in [0.2, 0.25) is 5.02 Å². The van der Waals surface area contributed by atoms with E-state index in [9.17, 15) is 8.42 Å². The fourth-order valence-electron chi connectivity index (χ4n) is 1.82. The van der Waals surface area contributed by atoms with E-state index in [4.69, 9.17) is 17.4 Å². The average Bonchev–Trinajstić information content (AvgIpc) is 2.37. The summed E-state index contributed by atoms with van der Waals surface area (Å²) in [6.45, 7) is 6.01. The molecule has 0 aliphatic heterocycles. The van der Waals surface area contributed by atoms with Gasteiger partial charge in [0.15, 0.2) is 5.82 Å². The van der Waals surface area contributed by atoms with Gasteiger partial charge in [0.25, 0.3) is 0 Å². The molecule has 114 valence electrons. The molecule has 2 unspecified atom stereocenters. The summed E-state index contributed by atoms with van der Waals surface area (Å²) in [5.41, 5.74) is 2.29. The molecule has 0 fully saturated rings. The molecule has 20 heavy (non-hydrogen) atoms. The Labute approximate surface area is 125 Å². The highest BCUT2D eigenvalue weighted by atomic mass is 35.5.